The quantitative estimate of drug-likeness (QED) is 0.689. The number of aromatic nitrogens is 1. The van der Waals surface area contributed by atoms with Gasteiger partial charge in [0.1, 0.15) is 11.9 Å². The Morgan fingerprint density at radius 2 is 2.37 bits per heavy atom. The number of hydrogen-bond donors (Lipinski definition) is 2. The number of anilines is 1. The molecule has 1 aliphatic heterocycles. The second-order valence-electron chi connectivity index (χ2n) is 4.21. The van der Waals surface area contributed by atoms with Crippen molar-refractivity contribution in [2.24, 2.45) is 5.73 Å². The third kappa shape index (κ3) is 2.82. The van der Waals surface area contributed by atoms with Gasteiger partial charge in [0.15, 0.2) is 0 Å². The van der Waals surface area contributed by atoms with Crippen molar-refractivity contribution in [3.05, 3.63) is 23.9 Å². The average Bonchev–Trinajstić information content (AvgIpc) is 2.46. The average molecular weight is 264 g/mol. The molecule has 1 saturated heterocycles. The van der Waals surface area contributed by atoms with Crippen LogP contribution in [0.15, 0.2) is 18.3 Å². The number of nitrogens with one attached hydrogen (secondary N) is 1. The minimum Gasteiger partial charge on any atom is -0.465 e. The number of esters is 1. The highest BCUT2D eigenvalue weighted by molar-refractivity contribution is 5.90. The van der Waals surface area contributed by atoms with Crippen LogP contribution in [0.4, 0.5) is 5.82 Å². The smallest absolute Gasteiger partial charge is 0.338 e. The standard InChI is InChI=1S/C12H16N4O3/c1-19-12(18)8-2-3-15-10(6-8)16-5-4-14-7-9(16)11(13)17/h2-3,6,9,14H,4-5,7H2,1H3,(H2,13,17). The number of nitrogens with zero attached hydrogens (tertiary/aromatic N) is 2. The summed E-state index contributed by atoms with van der Waals surface area (Å²) in [6, 6.07) is 2.71. The molecule has 0 aromatic carbocycles. The molecular formula is C12H16N4O3. The van der Waals surface area contributed by atoms with Gasteiger partial charge in [0.2, 0.25) is 5.91 Å². The van der Waals surface area contributed by atoms with Crippen LogP contribution in [0.3, 0.4) is 0 Å². The zero-order valence-corrected chi connectivity index (χ0v) is 10.6. The van der Waals surface area contributed by atoms with E-state index in [2.05, 4.69) is 15.0 Å². The van der Waals surface area contributed by atoms with Crippen LogP contribution in [0, 0.1) is 0 Å². The largest absolute Gasteiger partial charge is 0.465 e. The highest BCUT2D eigenvalue weighted by Gasteiger charge is 2.28. The van der Waals surface area contributed by atoms with E-state index in [1.54, 1.807) is 17.0 Å². The van der Waals surface area contributed by atoms with Gasteiger partial charge in [-0.25, -0.2) is 9.78 Å². The van der Waals surface area contributed by atoms with Crippen LogP contribution in [0.25, 0.3) is 0 Å². The van der Waals surface area contributed by atoms with Gasteiger partial charge in [-0.15, -0.1) is 0 Å². The maximum Gasteiger partial charge on any atom is 0.338 e. The molecule has 1 aliphatic rings. The summed E-state index contributed by atoms with van der Waals surface area (Å²) in [5.41, 5.74) is 5.78. The fraction of sp³-hybridized carbons (Fsp3) is 0.417. The summed E-state index contributed by atoms with van der Waals surface area (Å²) >= 11 is 0. The van der Waals surface area contributed by atoms with Crippen LogP contribution in [-0.4, -0.2) is 49.6 Å². The van der Waals surface area contributed by atoms with Crippen LogP contribution >= 0.6 is 0 Å². The van der Waals surface area contributed by atoms with E-state index in [0.29, 0.717) is 24.5 Å². The summed E-state index contributed by atoms with van der Waals surface area (Å²) in [5.74, 6) is -0.305. The number of hydrogen-bond acceptors (Lipinski definition) is 6. The molecule has 0 bridgehead atoms. The molecule has 7 heteroatoms. The first-order valence-corrected chi connectivity index (χ1v) is 5.94. The molecule has 0 aliphatic carbocycles. The zero-order chi connectivity index (χ0) is 13.8. The summed E-state index contributed by atoms with van der Waals surface area (Å²) < 4.78 is 4.66. The summed E-state index contributed by atoms with van der Waals surface area (Å²) in [7, 11) is 1.32. The maximum absolute atomic E-state index is 11.5. The van der Waals surface area contributed by atoms with E-state index in [4.69, 9.17) is 5.73 Å². The summed E-state index contributed by atoms with van der Waals surface area (Å²) in [6.07, 6.45) is 1.52. The number of carbonyl (C=O) groups is 2. The molecule has 1 aromatic heterocycles. The fourth-order valence-electron chi connectivity index (χ4n) is 2.05. The number of pyridine rings is 1. The highest BCUT2D eigenvalue weighted by atomic mass is 16.5. The summed E-state index contributed by atoms with van der Waals surface area (Å²) in [5, 5.41) is 3.10. The van der Waals surface area contributed by atoms with E-state index in [9.17, 15) is 9.59 Å². The molecule has 2 rings (SSSR count). The predicted molar refractivity (Wildman–Crippen MR) is 68.8 cm³/mol. The Balaban J connectivity index is 2.29. The highest BCUT2D eigenvalue weighted by Crippen LogP contribution is 2.17. The van der Waals surface area contributed by atoms with Crippen LogP contribution in [0.1, 0.15) is 10.4 Å². The van der Waals surface area contributed by atoms with Gasteiger partial charge in [0.25, 0.3) is 0 Å². The molecule has 0 saturated carbocycles. The van der Waals surface area contributed by atoms with E-state index in [1.807, 2.05) is 0 Å². The number of piperazine rings is 1. The Morgan fingerprint density at radius 3 is 3.05 bits per heavy atom. The molecule has 1 atom stereocenters. The molecule has 0 spiro atoms. The monoisotopic (exact) mass is 264 g/mol. The van der Waals surface area contributed by atoms with Gasteiger partial charge in [-0.3, -0.25) is 4.79 Å². The molecule has 1 aromatic rings. The van der Waals surface area contributed by atoms with Gasteiger partial charge >= 0.3 is 5.97 Å². The van der Waals surface area contributed by atoms with Gasteiger partial charge in [-0.05, 0) is 12.1 Å². The predicted octanol–water partition coefficient (Wildman–Crippen LogP) is -0.868. The lowest BCUT2D eigenvalue weighted by atomic mass is 10.1. The van der Waals surface area contributed by atoms with Crippen molar-refractivity contribution in [2.75, 3.05) is 31.6 Å². The normalized spacial score (nSPS) is 19.0. The molecule has 2 heterocycles. The lowest BCUT2D eigenvalue weighted by Gasteiger charge is -2.35. The van der Waals surface area contributed by atoms with E-state index in [1.165, 1.54) is 13.3 Å². The van der Waals surface area contributed by atoms with Crippen molar-refractivity contribution in [3.63, 3.8) is 0 Å². The van der Waals surface area contributed by atoms with Crippen LogP contribution in [0.5, 0.6) is 0 Å². The minimum absolute atomic E-state index is 0.397. The molecule has 1 unspecified atom stereocenters. The second-order valence-corrected chi connectivity index (χ2v) is 4.21. The third-order valence-electron chi connectivity index (χ3n) is 3.03. The van der Waals surface area contributed by atoms with Crippen molar-refractivity contribution in [3.8, 4) is 0 Å². The lowest BCUT2D eigenvalue weighted by Crippen LogP contribution is -2.57. The molecular weight excluding hydrogens is 248 g/mol. The maximum atomic E-state index is 11.5. The van der Waals surface area contributed by atoms with Gasteiger partial charge in [0, 0.05) is 25.8 Å². The molecule has 7 nitrogen and oxygen atoms in total. The summed E-state index contributed by atoms with van der Waals surface area (Å²) in [4.78, 5) is 28.9. The second kappa shape index (κ2) is 5.66. The van der Waals surface area contributed by atoms with Gasteiger partial charge in [0.05, 0.1) is 12.7 Å². The summed E-state index contributed by atoms with van der Waals surface area (Å²) in [6.45, 7) is 1.80. The minimum atomic E-state index is -0.464. The van der Waals surface area contributed by atoms with Gasteiger partial charge < -0.3 is 20.7 Å². The SMILES string of the molecule is COC(=O)c1ccnc(N2CCNCC2C(N)=O)c1. The lowest BCUT2D eigenvalue weighted by molar-refractivity contribution is -0.119. The number of ether oxygens (including phenoxy) is 1. The van der Waals surface area contributed by atoms with Crippen molar-refractivity contribution in [1.82, 2.24) is 10.3 Å². The first-order chi connectivity index (χ1) is 9.13. The van der Waals surface area contributed by atoms with E-state index < -0.39 is 17.9 Å². The topological polar surface area (TPSA) is 97.6 Å². The van der Waals surface area contributed by atoms with Crippen molar-refractivity contribution in [2.45, 2.75) is 6.04 Å². The van der Waals surface area contributed by atoms with Crippen molar-refractivity contribution in [1.29, 1.82) is 0 Å². The van der Waals surface area contributed by atoms with E-state index in [0.717, 1.165) is 6.54 Å². The Bertz CT molecular complexity index is 492. The number of carbonyl (C=O) groups excluding carboxylic acids is 2. The number of primary amides is 1. The molecule has 1 fully saturated rings. The molecule has 0 radical (unpaired) electrons. The Hall–Kier alpha value is -2.15. The van der Waals surface area contributed by atoms with Crippen molar-refractivity contribution < 1.29 is 14.3 Å². The van der Waals surface area contributed by atoms with Crippen LogP contribution in [-0.2, 0) is 9.53 Å². The Morgan fingerprint density at radius 1 is 1.58 bits per heavy atom. The zero-order valence-electron chi connectivity index (χ0n) is 10.6. The number of nitrogens with two attached hydrogens (primary N) is 1. The molecule has 102 valence electrons. The fourth-order valence-corrected chi connectivity index (χ4v) is 2.05. The number of amides is 1. The molecule has 1 amide bonds. The van der Waals surface area contributed by atoms with Crippen LogP contribution < -0.4 is 16.0 Å². The Kier molecular flexibility index (Phi) is 3.96. The molecule has 3 N–H and O–H groups in total. The first kappa shape index (κ1) is 13.3. The third-order valence-corrected chi connectivity index (χ3v) is 3.03. The Labute approximate surface area is 110 Å². The first-order valence-electron chi connectivity index (χ1n) is 5.94. The van der Waals surface area contributed by atoms with E-state index in [-0.39, 0.29) is 0 Å². The van der Waals surface area contributed by atoms with Gasteiger partial charge in [-0.1, -0.05) is 0 Å². The number of methoxy groups -OCH3 is 1. The van der Waals surface area contributed by atoms with Gasteiger partial charge in [-0.2, -0.15) is 0 Å². The number of rotatable bonds is 3. The molecule has 19 heavy (non-hydrogen) atoms. The van der Waals surface area contributed by atoms with Crippen LogP contribution in [0.2, 0.25) is 0 Å². The van der Waals surface area contributed by atoms with E-state index >= 15 is 0 Å². The van der Waals surface area contributed by atoms with Crippen molar-refractivity contribution >= 4 is 17.7 Å².